The molecule has 1 aliphatic carbocycles. The number of aliphatic carboxylic acids is 1. The average Bonchev–Trinajstić information content (AvgIpc) is 2.93. The predicted molar refractivity (Wildman–Crippen MR) is 75.1 cm³/mol. The highest BCUT2D eigenvalue weighted by atomic mass is 16.5. The standard InChI is InChI=1S/C14H24N2O5/c1-20-11-4-2-3-10(11)16-13(19)15-9-14(12(17)18)5-7-21-8-6-14/h10-11H,2-9H2,1H3,(H,17,18)(H2,15,16,19). The minimum absolute atomic E-state index is 0.00506. The molecule has 2 atom stereocenters. The molecule has 7 nitrogen and oxygen atoms in total. The molecule has 2 fully saturated rings. The molecule has 1 heterocycles. The molecule has 0 aromatic heterocycles. The number of hydrogen-bond acceptors (Lipinski definition) is 4. The van der Waals surface area contributed by atoms with Crippen LogP contribution in [-0.2, 0) is 14.3 Å². The largest absolute Gasteiger partial charge is 0.481 e. The lowest BCUT2D eigenvalue weighted by molar-refractivity contribution is -0.154. The van der Waals surface area contributed by atoms with Crippen LogP contribution in [0.25, 0.3) is 0 Å². The van der Waals surface area contributed by atoms with E-state index in [9.17, 15) is 14.7 Å². The van der Waals surface area contributed by atoms with E-state index in [1.807, 2.05) is 0 Å². The van der Waals surface area contributed by atoms with Crippen molar-refractivity contribution in [2.75, 3.05) is 26.9 Å². The molecule has 0 spiro atoms. The topological polar surface area (TPSA) is 96.9 Å². The van der Waals surface area contributed by atoms with Crippen LogP contribution in [-0.4, -0.2) is 56.1 Å². The number of amides is 2. The summed E-state index contributed by atoms with van der Waals surface area (Å²) >= 11 is 0. The Bertz CT molecular complexity index is 382. The van der Waals surface area contributed by atoms with Crippen molar-refractivity contribution >= 4 is 12.0 Å². The second-order valence-electron chi connectivity index (χ2n) is 5.84. The highest BCUT2D eigenvalue weighted by molar-refractivity contribution is 5.78. The summed E-state index contributed by atoms with van der Waals surface area (Å²) in [5.41, 5.74) is -0.911. The number of rotatable bonds is 5. The molecule has 0 aromatic rings. The van der Waals surface area contributed by atoms with Gasteiger partial charge in [0, 0.05) is 26.9 Å². The Morgan fingerprint density at radius 2 is 2.05 bits per heavy atom. The van der Waals surface area contributed by atoms with Gasteiger partial charge in [0.05, 0.1) is 17.6 Å². The number of ether oxygens (including phenoxy) is 2. The van der Waals surface area contributed by atoms with Gasteiger partial charge in [-0.2, -0.15) is 0 Å². The van der Waals surface area contributed by atoms with Crippen LogP contribution in [0.4, 0.5) is 4.79 Å². The predicted octanol–water partition coefficient (Wildman–Crippen LogP) is 0.735. The molecule has 7 heteroatoms. The fourth-order valence-corrected chi connectivity index (χ4v) is 3.07. The molecular formula is C14H24N2O5. The minimum Gasteiger partial charge on any atom is -0.481 e. The molecule has 1 saturated carbocycles. The Labute approximate surface area is 124 Å². The van der Waals surface area contributed by atoms with Gasteiger partial charge in [-0.1, -0.05) is 0 Å². The van der Waals surface area contributed by atoms with Crippen molar-refractivity contribution in [1.29, 1.82) is 0 Å². The number of methoxy groups -OCH3 is 1. The van der Waals surface area contributed by atoms with E-state index >= 15 is 0 Å². The summed E-state index contributed by atoms with van der Waals surface area (Å²) in [5, 5.41) is 15.0. The smallest absolute Gasteiger partial charge is 0.315 e. The average molecular weight is 300 g/mol. The molecule has 21 heavy (non-hydrogen) atoms. The van der Waals surface area contributed by atoms with Crippen molar-refractivity contribution in [3.8, 4) is 0 Å². The number of carboxylic acid groups (broad SMARTS) is 1. The maximum Gasteiger partial charge on any atom is 0.315 e. The number of nitrogens with one attached hydrogen (secondary N) is 2. The van der Waals surface area contributed by atoms with E-state index in [1.165, 1.54) is 0 Å². The first-order valence-corrected chi connectivity index (χ1v) is 7.46. The number of carboxylic acids is 1. The van der Waals surface area contributed by atoms with E-state index in [0.29, 0.717) is 26.1 Å². The van der Waals surface area contributed by atoms with Gasteiger partial charge in [-0.3, -0.25) is 4.79 Å². The van der Waals surface area contributed by atoms with Crippen molar-refractivity contribution in [2.45, 2.75) is 44.2 Å². The van der Waals surface area contributed by atoms with Gasteiger partial charge < -0.3 is 25.2 Å². The second-order valence-corrected chi connectivity index (χ2v) is 5.84. The SMILES string of the molecule is COC1CCCC1NC(=O)NCC1(C(=O)O)CCOCC1. The van der Waals surface area contributed by atoms with Crippen LogP contribution in [0.2, 0.25) is 0 Å². The molecule has 1 saturated heterocycles. The molecule has 0 bridgehead atoms. The van der Waals surface area contributed by atoms with Gasteiger partial charge in [0.15, 0.2) is 0 Å². The van der Waals surface area contributed by atoms with E-state index in [-0.39, 0.29) is 24.7 Å². The van der Waals surface area contributed by atoms with E-state index in [2.05, 4.69) is 10.6 Å². The van der Waals surface area contributed by atoms with Gasteiger partial charge in [-0.05, 0) is 32.1 Å². The molecule has 2 unspecified atom stereocenters. The second kappa shape index (κ2) is 7.09. The maximum absolute atomic E-state index is 12.0. The van der Waals surface area contributed by atoms with Crippen molar-refractivity contribution in [2.24, 2.45) is 5.41 Å². The number of carbonyl (C=O) groups excluding carboxylic acids is 1. The van der Waals surface area contributed by atoms with Crippen LogP contribution in [0.3, 0.4) is 0 Å². The van der Waals surface area contributed by atoms with Gasteiger partial charge in [-0.25, -0.2) is 4.79 Å². The summed E-state index contributed by atoms with van der Waals surface area (Å²) < 4.78 is 10.5. The first-order chi connectivity index (χ1) is 10.1. The molecular weight excluding hydrogens is 276 g/mol. The lowest BCUT2D eigenvalue weighted by Crippen LogP contribution is -2.51. The summed E-state index contributed by atoms with van der Waals surface area (Å²) in [6.07, 6.45) is 3.76. The van der Waals surface area contributed by atoms with Crippen LogP contribution in [0.15, 0.2) is 0 Å². The van der Waals surface area contributed by atoms with Gasteiger partial charge in [0.2, 0.25) is 0 Å². The zero-order chi connectivity index (χ0) is 15.3. The number of carbonyl (C=O) groups is 2. The molecule has 2 aliphatic rings. The zero-order valence-corrected chi connectivity index (χ0v) is 12.4. The number of urea groups is 1. The van der Waals surface area contributed by atoms with Crippen molar-refractivity contribution in [1.82, 2.24) is 10.6 Å². The summed E-state index contributed by atoms with van der Waals surface area (Å²) in [6, 6.07) is -0.318. The van der Waals surface area contributed by atoms with E-state index in [4.69, 9.17) is 9.47 Å². The normalized spacial score (nSPS) is 28.0. The van der Waals surface area contributed by atoms with Gasteiger partial charge in [-0.15, -0.1) is 0 Å². The molecule has 120 valence electrons. The minimum atomic E-state index is -0.911. The molecule has 2 rings (SSSR count). The van der Waals surface area contributed by atoms with E-state index in [1.54, 1.807) is 7.11 Å². The molecule has 1 aliphatic heterocycles. The van der Waals surface area contributed by atoms with Crippen LogP contribution >= 0.6 is 0 Å². The van der Waals surface area contributed by atoms with Crippen LogP contribution < -0.4 is 10.6 Å². The summed E-state index contributed by atoms with van der Waals surface area (Å²) in [6.45, 7) is 0.968. The lowest BCUT2D eigenvalue weighted by atomic mass is 9.80. The molecule has 0 aromatic carbocycles. The highest BCUT2D eigenvalue weighted by Crippen LogP contribution is 2.30. The molecule has 3 N–H and O–H groups in total. The van der Waals surface area contributed by atoms with Crippen molar-refractivity contribution < 1.29 is 24.2 Å². The lowest BCUT2D eigenvalue weighted by Gasteiger charge is -2.33. The zero-order valence-electron chi connectivity index (χ0n) is 12.4. The quantitative estimate of drug-likeness (QED) is 0.695. The fourth-order valence-electron chi connectivity index (χ4n) is 3.07. The fraction of sp³-hybridized carbons (Fsp3) is 0.857. The van der Waals surface area contributed by atoms with Crippen LogP contribution in [0.1, 0.15) is 32.1 Å². The third-order valence-corrected chi connectivity index (χ3v) is 4.56. The van der Waals surface area contributed by atoms with Crippen LogP contribution in [0.5, 0.6) is 0 Å². The Hall–Kier alpha value is -1.34. The number of hydrogen-bond donors (Lipinski definition) is 3. The maximum atomic E-state index is 12.0. The monoisotopic (exact) mass is 300 g/mol. The molecule has 2 amide bonds. The summed E-state index contributed by atoms with van der Waals surface area (Å²) in [5.74, 6) is -0.873. The Morgan fingerprint density at radius 3 is 2.67 bits per heavy atom. The van der Waals surface area contributed by atoms with E-state index < -0.39 is 11.4 Å². The summed E-state index contributed by atoms with van der Waals surface area (Å²) in [7, 11) is 1.64. The van der Waals surface area contributed by atoms with Gasteiger partial charge in [0.1, 0.15) is 0 Å². The van der Waals surface area contributed by atoms with Crippen molar-refractivity contribution in [3.63, 3.8) is 0 Å². The van der Waals surface area contributed by atoms with E-state index in [0.717, 1.165) is 19.3 Å². The molecule has 0 radical (unpaired) electrons. The Kier molecular flexibility index (Phi) is 5.41. The Morgan fingerprint density at radius 1 is 1.33 bits per heavy atom. The van der Waals surface area contributed by atoms with Gasteiger partial charge in [0.25, 0.3) is 0 Å². The third-order valence-electron chi connectivity index (χ3n) is 4.56. The van der Waals surface area contributed by atoms with Crippen LogP contribution in [0, 0.1) is 5.41 Å². The first-order valence-electron chi connectivity index (χ1n) is 7.46. The Balaban J connectivity index is 1.83. The van der Waals surface area contributed by atoms with Gasteiger partial charge >= 0.3 is 12.0 Å². The first kappa shape index (κ1) is 16.0. The third kappa shape index (κ3) is 3.85. The highest BCUT2D eigenvalue weighted by Gasteiger charge is 2.40. The van der Waals surface area contributed by atoms with Crippen molar-refractivity contribution in [3.05, 3.63) is 0 Å². The summed E-state index contributed by atoms with van der Waals surface area (Å²) in [4.78, 5) is 23.5.